The lowest BCUT2D eigenvalue weighted by atomic mass is 10.2. The van der Waals surface area contributed by atoms with E-state index >= 15 is 0 Å². The highest BCUT2D eigenvalue weighted by Gasteiger charge is 2.14. The fraction of sp³-hybridized carbons (Fsp3) is 0.0909. The number of carbonyl (C=O) groups excluding carboxylic acids is 1. The Morgan fingerprint density at radius 3 is 2.45 bits per heavy atom. The molecule has 0 saturated carbocycles. The Bertz CT molecular complexity index is 1070. The van der Waals surface area contributed by atoms with Gasteiger partial charge in [-0.05, 0) is 76.2 Å². The average molecular weight is 531 g/mol. The van der Waals surface area contributed by atoms with E-state index in [0.29, 0.717) is 6.61 Å². The molecule has 9 heteroatoms. The van der Waals surface area contributed by atoms with Gasteiger partial charge in [-0.1, -0.05) is 24.3 Å². The molecule has 3 aromatic carbocycles. The van der Waals surface area contributed by atoms with Crippen molar-refractivity contribution >= 4 is 40.4 Å². The second-order valence-electron chi connectivity index (χ2n) is 6.29. The van der Waals surface area contributed by atoms with Crippen LogP contribution in [-0.4, -0.2) is 23.7 Å². The highest BCUT2D eigenvalue weighted by atomic mass is 127. The van der Waals surface area contributed by atoms with Gasteiger partial charge >= 0.3 is 5.69 Å². The lowest BCUT2D eigenvalue weighted by Crippen LogP contribution is -2.24. The summed E-state index contributed by atoms with van der Waals surface area (Å²) in [5.41, 5.74) is 3.96. The number of hydrogen-bond donors (Lipinski definition) is 1. The van der Waals surface area contributed by atoms with Crippen molar-refractivity contribution in [1.29, 1.82) is 0 Å². The van der Waals surface area contributed by atoms with Gasteiger partial charge in [0.2, 0.25) is 0 Å². The predicted molar refractivity (Wildman–Crippen MR) is 124 cm³/mol. The second kappa shape index (κ2) is 11.1. The fourth-order valence-electron chi connectivity index (χ4n) is 2.48. The van der Waals surface area contributed by atoms with Gasteiger partial charge in [0.25, 0.3) is 5.91 Å². The van der Waals surface area contributed by atoms with E-state index in [4.69, 9.17) is 9.47 Å². The molecule has 0 fully saturated rings. The number of ether oxygens (including phenoxy) is 2. The first-order chi connectivity index (χ1) is 15.0. The normalized spacial score (nSPS) is 10.6. The van der Waals surface area contributed by atoms with Crippen molar-refractivity contribution in [2.24, 2.45) is 5.10 Å². The molecule has 31 heavy (non-hydrogen) atoms. The van der Waals surface area contributed by atoms with E-state index in [0.717, 1.165) is 16.9 Å². The van der Waals surface area contributed by atoms with Crippen LogP contribution in [-0.2, 0) is 11.4 Å². The molecule has 0 radical (unpaired) electrons. The van der Waals surface area contributed by atoms with E-state index in [2.05, 4.69) is 33.1 Å². The Balaban J connectivity index is 1.44. The molecule has 0 aliphatic heterocycles. The molecule has 0 aliphatic carbocycles. The van der Waals surface area contributed by atoms with Crippen LogP contribution < -0.4 is 14.9 Å². The Labute approximate surface area is 192 Å². The monoisotopic (exact) mass is 531 g/mol. The molecule has 0 spiro atoms. The molecule has 0 bridgehead atoms. The summed E-state index contributed by atoms with van der Waals surface area (Å²) in [5.74, 6) is 0.205. The third-order valence-corrected chi connectivity index (χ3v) is 4.74. The molecular formula is C22H18IN3O5. The molecule has 8 nitrogen and oxygen atoms in total. The van der Waals surface area contributed by atoms with Crippen molar-refractivity contribution in [3.63, 3.8) is 0 Å². The second-order valence-corrected chi connectivity index (χ2v) is 7.54. The molecule has 0 saturated heterocycles. The van der Waals surface area contributed by atoms with Crippen LogP contribution in [0, 0.1) is 13.7 Å². The summed E-state index contributed by atoms with van der Waals surface area (Å²) in [7, 11) is 0. The molecular weight excluding hydrogens is 513 g/mol. The van der Waals surface area contributed by atoms with Gasteiger partial charge in [0, 0.05) is 9.64 Å². The molecule has 158 valence electrons. The lowest BCUT2D eigenvalue weighted by Gasteiger charge is -2.07. The standard InChI is InChI=1S/C22H18IN3O5/c23-18-9-5-17(6-10-18)14-30-19-11-7-16(8-12-19)13-24-25-22(27)15-31-21-4-2-1-3-20(21)26(28)29/h1-13H,14-15H2,(H,25,27)/b24-13+. The Morgan fingerprint density at radius 2 is 1.74 bits per heavy atom. The van der Waals surface area contributed by atoms with Gasteiger partial charge in [-0.25, -0.2) is 5.43 Å². The van der Waals surface area contributed by atoms with E-state index in [1.165, 1.54) is 28.0 Å². The summed E-state index contributed by atoms with van der Waals surface area (Å²) in [6.07, 6.45) is 1.48. The van der Waals surface area contributed by atoms with Crippen molar-refractivity contribution in [2.45, 2.75) is 6.61 Å². The minimum absolute atomic E-state index is 0.0208. The van der Waals surface area contributed by atoms with E-state index in [-0.39, 0.29) is 11.4 Å². The van der Waals surface area contributed by atoms with Gasteiger partial charge in [0.15, 0.2) is 12.4 Å². The zero-order valence-corrected chi connectivity index (χ0v) is 18.4. The van der Waals surface area contributed by atoms with Crippen LogP contribution in [0.4, 0.5) is 5.69 Å². The Kier molecular flexibility index (Phi) is 7.93. The summed E-state index contributed by atoms with van der Waals surface area (Å²) in [6.45, 7) is 0.0769. The zero-order chi connectivity index (χ0) is 22.1. The molecule has 0 unspecified atom stereocenters. The van der Waals surface area contributed by atoms with E-state index < -0.39 is 17.4 Å². The number of amides is 1. The van der Waals surface area contributed by atoms with Gasteiger partial charge in [-0.3, -0.25) is 14.9 Å². The molecule has 3 aromatic rings. The van der Waals surface area contributed by atoms with Crippen molar-refractivity contribution in [2.75, 3.05) is 6.61 Å². The summed E-state index contributed by atoms with van der Waals surface area (Å²) in [4.78, 5) is 22.2. The van der Waals surface area contributed by atoms with Crippen LogP contribution in [0.1, 0.15) is 11.1 Å². The maximum atomic E-state index is 11.8. The number of hydrogen-bond acceptors (Lipinski definition) is 6. The van der Waals surface area contributed by atoms with Crippen LogP contribution >= 0.6 is 22.6 Å². The number of hydrazone groups is 1. The summed E-state index contributed by atoms with van der Waals surface area (Å²) >= 11 is 2.25. The number of rotatable bonds is 9. The number of nitro groups is 1. The number of carbonyl (C=O) groups is 1. The number of para-hydroxylation sites is 2. The predicted octanol–water partition coefficient (Wildman–Crippen LogP) is 4.31. The first-order valence-corrected chi connectivity index (χ1v) is 10.2. The minimum atomic E-state index is -0.570. The quantitative estimate of drug-likeness (QED) is 0.192. The average Bonchev–Trinajstić information content (AvgIpc) is 2.78. The van der Waals surface area contributed by atoms with Gasteiger partial charge in [0.1, 0.15) is 12.4 Å². The van der Waals surface area contributed by atoms with Crippen LogP contribution in [0.25, 0.3) is 0 Å². The molecule has 0 aromatic heterocycles. The fourth-order valence-corrected chi connectivity index (χ4v) is 2.84. The number of nitrogens with zero attached hydrogens (tertiary/aromatic N) is 2. The van der Waals surface area contributed by atoms with Crippen LogP contribution in [0.3, 0.4) is 0 Å². The van der Waals surface area contributed by atoms with Crippen LogP contribution in [0.5, 0.6) is 11.5 Å². The van der Waals surface area contributed by atoms with Gasteiger partial charge in [0.05, 0.1) is 11.1 Å². The third kappa shape index (κ3) is 7.07. The van der Waals surface area contributed by atoms with Crippen LogP contribution in [0.2, 0.25) is 0 Å². The van der Waals surface area contributed by atoms with E-state index in [1.54, 1.807) is 6.07 Å². The topological polar surface area (TPSA) is 103 Å². The Morgan fingerprint density at radius 1 is 1.03 bits per heavy atom. The van der Waals surface area contributed by atoms with Crippen LogP contribution in [0.15, 0.2) is 77.9 Å². The summed E-state index contributed by atoms with van der Waals surface area (Å²) in [5, 5.41) is 14.8. The molecule has 1 N–H and O–H groups in total. The maximum absolute atomic E-state index is 11.8. The van der Waals surface area contributed by atoms with E-state index in [1.807, 2.05) is 48.5 Å². The largest absolute Gasteiger partial charge is 0.489 e. The first kappa shape index (κ1) is 22.2. The van der Waals surface area contributed by atoms with Crippen molar-refractivity contribution < 1.29 is 19.2 Å². The minimum Gasteiger partial charge on any atom is -0.489 e. The van der Waals surface area contributed by atoms with Gasteiger partial charge < -0.3 is 9.47 Å². The van der Waals surface area contributed by atoms with Crippen molar-refractivity contribution in [3.8, 4) is 11.5 Å². The van der Waals surface area contributed by atoms with E-state index in [9.17, 15) is 14.9 Å². The lowest BCUT2D eigenvalue weighted by molar-refractivity contribution is -0.385. The Hall–Kier alpha value is -3.47. The first-order valence-electron chi connectivity index (χ1n) is 9.17. The maximum Gasteiger partial charge on any atom is 0.310 e. The van der Waals surface area contributed by atoms with Crippen molar-refractivity contribution in [3.05, 3.63) is 97.6 Å². The third-order valence-electron chi connectivity index (χ3n) is 4.02. The number of nitrogens with one attached hydrogen (secondary N) is 1. The summed E-state index contributed by atoms with van der Waals surface area (Å²) < 4.78 is 12.1. The number of benzene rings is 3. The molecule has 0 atom stereocenters. The molecule has 0 heterocycles. The smallest absolute Gasteiger partial charge is 0.310 e. The number of nitro benzene ring substituents is 1. The molecule has 0 aliphatic rings. The summed E-state index contributed by atoms with van der Waals surface area (Å²) in [6, 6.07) is 21.2. The highest BCUT2D eigenvalue weighted by Crippen LogP contribution is 2.25. The molecule has 1 amide bonds. The molecule has 3 rings (SSSR count). The van der Waals surface area contributed by atoms with Gasteiger partial charge in [-0.2, -0.15) is 5.10 Å². The highest BCUT2D eigenvalue weighted by molar-refractivity contribution is 14.1. The number of halogens is 1. The zero-order valence-electron chi connectivity index (χ0n) is 16.2. The SMILES string of the molecule is O=C(COc1ccccc1[N+](=O)[O-])N/N=C/c1ccc(OCc2ccc(I)cc2)cc1. The van der Waals surface area contributed by atoms with Gasteiger partial charge in [-0.15, -0.1) is 0 Å². The van der Waals surface area contributed by atoms with Crippen molar-refractivity contribution in [1.82, 2.24) is 5.43 Å².